The van der Waals surface area contributed by atoms with E-state index in [1.165, 1.54) is 6.07 Å². The SMILES string of the molecule is O=S(=O)(c1cc(Br)sc1Br)N(CCO)CC(F)(F)F. The molecule has 0 saturated carbocycles. The molecule has 4 nitrogen and oxygen atoms in total. The van der Waals surface area contributed by atoms with Gasteiger partial charge in [-0.25, -0.2) is 8.42 Å². The van der Waals surface area contributed by atoms with Crippen molar-refractivity contribution in [2.24, 2.45) is 0 Å². The van der Waals surface area contributed by atoms with Gasteiger partial charge < -0.3 is 5.11 Å². The Balaban J connectivity index is 3.16. The summed E-state index contributed by atoms with van der Waals surface area (Å²) in [6, 6.07) is 1.21. The molecule has 0 aliphatic carbocycles. The van der Waals surface area contributed by atoms with Crippen LogP contribution in [0.1, 0.15) is 0 Å². The van der Waals surface area contributed by atoms with Crippen molar-refractivity contribution in [1.82, 2.24) is 4.31 Å². The maximum atomic E-state index is 12.4. The van der Waals surface area contributed by atoms with Gasteiger partial charge >= 0.3 is 6.18 Å². The second-order valence-corrected chi connectivity index (χ2v) is 9.02. The molecule has 11 heteroatoms. The van der Waals surface area contributed by atoms with Gasteiger partial charge in [-0.1, -0.05) is 0 Å². The molecular formula is C8H8Br2F3NO3S2. The summed E-state index contributed by atoms with van der Waals surface area (Å²) in [4.78, 5) is -0.262. The summed E-state index contributed by atoms with van der Waals surface area (Å²) < 4.78 is 62.2. The lowest BCUT2D eigenvalue weighted by molar-refractivity contribution is -0.136. The lowest BCUT2D eigenvalue weighted by Gasteiger charge is -2.22. The Kier molecular flexibility index (Phi) is 5.84. The molecule has 1 N–H and O–H groups in total. The summed E-state index contributed by atoms with van der Waals surface area (Å²) in [5.74, 6) is 0. The van der Waals surface area contributed by atoms with Crippen LogP contribution in [0.4, 0.5) is 13.2 Å². The van der Waals surface area contributed by atoms with Crippen molar-refractivity contribution in [3.05, 3.63) is 13.6 Å². The van der Waals surface area contributed by atoms with E-state index in [1.807, 2.05) is 0 Å². The van der Waals surface area contributed by atoms with Crippen molar-refractivity contribution >= 4 is 53.2 Å². The standard InChI is InChI=1S/C8H8Br2F3NO3S2/c9-6-3-5(7(10)18-6)19(16,17)14(1-2-15)4-8(11,12)13/h3,15H,1-2,4H2. The van der Waals surface area contributed by atoms with Gasteiger partial charge in [0.2, 0.25) is 10.0 Å². The molecule has 0 atom stereocenters. The molecule has 0 aliphatic heterocycles. The lowest BCUT2D eigenvalue weighted by Crippen LogP contribution is -2.40. The van der Waals surface area contributed by atoms with E-state index >= 15 is 0 Å². The number of hydrogen-bond donors (Lipinski definition) is 1. The molecule has 0 fully saturated rings. The summed E-state index contributed by atoms with van der Waals surface area (Å²) in [7, 11) is -4.32. The minimum Gasteiger partial charge on any atom is -0.395 e. The first-order chi connectivity index (χ1) is 8.58. The molecular weight excluding hydrogens is 439 g/mol. The van der Waals surface area contributed by atoms with E-state index in [1.54, 1.807) is 0 Å². The normalized spacial score (nSPS) is 13.2. The van der Waals surface area contributed by atoms with E-state index in [0.717, 1.165) is 11.3 Å². The van der Waals surface area contributed by atoms with Crippen molar-refractivity contribution in [1.29, 1.82) is 0 Å². The molecule has 0 aliphatic rings. The van der Waals surface area contributed by atoms with Gasteiger partial charge in [0.15, 0.2) is 0 Å². The quantitative estimate of drug-likeness (QED) is 0.756. The van der Waals surface area contributed by atoms with Crippen LogP contribution in [0.25, 0.3) is 0 Å². The molecule has 0 unspecified atom stereocenters. The number of aliphatic hydroxyl groups is 1. The maximum absolute atomic E-state index is 12.4. The third-order valence-electron chi connectivity index (χ3n) is 1.95. The molecule has 1 heterocycles. The number of halogens is 5. The van der Waals surface area contributed by atoms with Gasteiger partial charge in [-0.2, -0.15) is 17.5 Å². The van der Waals surface area contributed by atoms with Gasteiger partial charge in [-0.05, 0) is 37.9 Å². The highest BCUT2D eigenvalue weighted by Gasteiger charge is 2.37. The fraction of sp³-hybridized carbons (Fsp3) is 0.500. The highest BCUT2D eigenvalue weighted by atomic mass is 79.9. The zero-order chi connectivity index (χ0) is 14.8. The number of alkyl halides is 3. The van der Waals surface area contributed by atoms with E-state index < -0.39 is 35.9 Å². The Morgan fingerprint density at radius 2 is 1.95 bits per heavy atom. The first-order valence-electron chi connectivity index (χ1n) is 4.70. The van der Waals surface area contributed by atoms with Crippen molar-refractivity contribution in [3.8, 4) is 0 Å². The molecule has 0 bridgehead atoms. The van der Waals surface area contributed by atoms with Gasteiger partial charge in [0, 0.05) is 6.54 Å². The van der Waals surface area contributed by atoms with Crippen LogP contribution in [-0.2, 0) is 10.0 Å². The van der Waals surface area contributed by atoms with Crippen molar-refractivity contribution in [3.63, 3.8) is 0 Å². The Labute approximate surface area is 128 Å². The zero-order valence-electron chi connectivity index (χ0n) is 9.12. The van der Waals surface area contributed by atoms with E-state index in [2.05, 4.69) is 31.9 Å². The largest absolute Gasteiger partial charge is 0.402 e. The number of aliphatic hydroxyl groups excluding tert-OH is 1. The topological polar surface area (TPSA) is 57.6 Å². The van der Waals surface area contributed by atoms with Crippen molar-refractivity contribution in [2.75, 3.05) is 19.7 Å². The van der Waals surface area contributed by atoms with Crippen LogP contribution in [0.5, 0.6) is 0 Å². The molecule has 0 amide bonds. The second-order valence-electron chi connectivity index (χ2n) is 3.37. The summed E-state index contributed by atoms with van der Waals surface area (Å²) in [5.41, 5.74) is 0. The predicted molar refractivity (Wildman–Crippen MR) is 71.6 cm³/mol. The molecule has 0 spiro atoms. The highest BCUT2D eigenvalue weighted by molar-refractivity contribution is 9.12. The number of rotatable bonds is 5. The van der Waals surface area contributed by atoms with Crippen LogP contribution in [0, 0.1) is 0 Å². The number of sulfonamides is 1. The summed E-state index contributed by atoms with van der Waals surface area (Å²) >= 11 is 7.08. The van der Waals surface area contributed by atoms with E-state index in [-0.39, 0.29) is 13.0 Å². The van der Waals surface area contributed by atoms with Crippen LogP contribution >= 0.6 is 43.2 Å². The van der Waals surface area contributed by atoms with Crippen LogP contribution in [0.3, 0.4) is 0 Å². The Hall–Kier alpha value is 0.320. The fourth-order valence-electron chi connectivity index (χ4n) is 1.24. The van der Waals surface area contributed by atoms with Gasteiger partial charge in [0.05, 0.1) is 14.2 Å². The first kappa shape index (κ1) is 17.4. The molecule has 0 radical (unpaired) electrons. The minimum absolute atomic E-state index is 0.199. The molecule has 0 aromatic carbocycles. The van der Waals surface area contributed by atoms with Crippen molar-refractivity contribution in [2.45, 2.75) is 11.1 Å². The monoisotopic (exact) mass is 445 g/mol. The summed E-state index contributed by atoms with van der Waals surface area (Å²) in [5, 5.41) is 8.73. The first-order valence-corrected chi connectivity index (χ1v) is 8.55. The maximum Gasteiger partial charge on any atom is 0.402 e. The number of nitrogens with zero attached hydrogens (tertiary/aromatic N) is 1. The fourth-order valence-corrected chi connectivity index (χ4v) is 6.41. The number of hydrogen-bond acceptors (Lipinski definition) is 4. The lowest BCUT2D eigenvalue weighted by atomic mass is 10.6. The Bertz CT molecular complexity index is 544. The summed E-state index contributed by atoms with van der Waals surface area (Å²) in [6.07, 6.45) is -4.68. The smallest absolute Gasteiger partial charge is 0.395 e. The Morgan fingerprint density at radius 1 is 1.37 bits per heavy atom. The van der Waals surface area contributed by atoms with E-state index in [9.17, 15) is 21.6 Å². The minimum atomic E-state index is -4.68. The Morgan fingerprint density at radius 3 is 2.32 bits per heavy atom. The molecule has 19 heavy (non-hydrogen) atoms. The summed E-state index contributed by atoms with van der Waals surface area (Å²) in [6.45, 7) is -2.96. The molecule has 1 rings (SSSR count). The molecule has 1 aromatic heterocycles. The van der Waals surface area contributed by atoms with Crippen molar-refractivity contribution < 1.29 is 26.7 Å². The third-order valence-corrected chi connectivity index (χ3v) is 6.55. The number of thiophene rings is 1. The van der Waals surface area contributed by atoms with Gasteiger partial charge in [-0.15, -0.1) is 11.3 Å². The van der Waals surface area contributed by atoms with Gasteiger partial charge in [-0.3, -0.25) is 0 Å². The zero-order valence-corrected chi connectivity index (χ0v) is 13.9. The molecule has 1 aromatic rings. The van der Waals surface area contributed by atoms with E-state index in [4.69, 9.17) is 5.11 Å². The second kappa shape index (κ2) is 6.39. The average Bonchev–Trinajstić information content (AvgIpc) is 2.56. The van der Waals surface area contributed by atoms with Crippen LogP contribution < -0.4 is 0 Å². The molecule has 110 valence electrons. The molecule has 0 saturated heterocycles. The van der Waals surface area contributed by atoms with Crippen LogP contribution in [0.15, 0.2) is 18.5 Å². The van der Waals surface area contributed by atoms with Crippen LogP contribution in [0.2, 0.25) is 0 Å². The third kappa shape index (κ3) is 4.67. The van der Waals surface area contributed by atoms with Gasteiger partial charge in [0.25, 0.3) is 0 Å². The van der Waals surface area contributed by atoms with Gasteiger partial charge in [0.1, 0.15) is 11.4 Å². The van der Waals surface area contributed by atoms with Crippen LogP contribution in [-0.4, -0.2) is 43.7 Å². The predicted octanol–water partition coefficient (Wildman–Crippen LogP) is 2.82. The highest BCUT2D eigenvalue weighted by Crippen LogP contribution is 2.36. The average molecular weight is 447 g/mol. The van der Waals surface area contributed by atoms with E-state index in [0.29, 0.717) is 3.79 Å².